The van der Waals surface area contributed by atoms with Crippen LogP contribution >= 0.6 is 11.3 Å². The maximum Gasteiger partial charge on any atom is 0.244 e. The van der Waals surface area contributed by atoms with E-state index in [1.165, 1.54) is 4.31 Å². The van der Waals surface area contributed by atoms with Crippen molar-refractivity contribution >= 4 is 21.4 Å². The van der Waals surface area contributed by atoms with Crippen LogP contribution in [-0.4, -0.2) is 31.9 Å². The molecule has 0 aromatic carbocycles. The Morgan fingerprint density at radius 1 is 1.33 bits per heavy atom. The van der Waals surface area contributed by atoms with Gasteiger partial charge in [-0.05, 0) is 26.3 Å². The molecule has 1 aromatic rings. The lowest BCUT2D eigenvalue weighted by Gasteiger charge is -2.23. The molecule has 0 saturated heterocycles. The minimum Gasteiger partial charge on any atom is -0.310 e. The highest BCUT2D eigenvalue weighted by Crippen LogP contribution is 2.29. The van der Waals surface area contributed by atoms with Crippen LogP contribution in [0.2, 0.25) is 0 Å². The van der Waals surface area contributed by atoms with E-state index < -0.39 is 10.0 Å². The van der Waals surface area contributed by atoms with E-state index in [0.717, 1.165) is 22.6 Å². The molecule has 1 aromatic heterocycles. The molecule has 1 rings (SSSR count). The van der Waals surface area contributed by atoms with E-state index in [2.05, 4.69) is 26.1 Å². The summed E-state index contributed by atoms with van der Waals surface area (Å²) in [6.07, 6.45) is 1.86. The standard InChI is InChI=1S/C15H28N2O2S2/c1-7-8-12(4)17(6)21(18,19)15-9-14(20-13(15)5)10-16-11(2)3/h9,11-12,16H,7-8,10H2,1-6H3. The van der Waals surface area contributed by atoms with Gasteiger partial charge in [-0.1, -0.05) is 27.2 Å². The molecule has 0 bridgehead atoms. The minimum absolute atomic E-state index is 0.0246. The maximum absolute atomic E-state index is 12.7. The number of aryl methyl sites for hydroxylation is 1. The Labute approximate surface area is 133 Å². The summed E-state index contributed by atoms with van der Waals surface area (Å²) >= 11 is 1.56. The number of hydrogen-bond acceptors (Lipinski definition) is 4. The van der Waals surface area contributed by atoms with Crippen molar-refractivity contribution in [2.75, 3.05) is 7.05 Å². The van der Waals surface area contributed by atoms with Crippen LogP contribution in [0.25, 0.3) is 0 Å². The number of rotatable bonds is 8. The maximum atomic E-state index is 12.7. The molecule has 0 radical (unpaired) electrons. The minimum atomic E-state index is -3.39. The van der Waals surface area contributed by atoms with Gasteiger partial charge in [0.2, 0.25) is 10.0 Å². The van der Waals surface area contributed by atoms with Gasteiger partial charge in [0.15, 0.2) is 0 Å². The predicted octanol–water partition coefficient (Wildman–Crippen LogP) is 3.36. The average Bonchev–Trinajstić information content (AvgIpc) is 2.77. The number of sulfonamides is 1. The molecule has 0 aliphatic rings. The van der Waals surface area contributed by atoms with Gasteiger partial charge >= 0.3 is 0 Å². The van der Waals surface area contributed by atoms with Crippen LogP contribution in [-0.2, 0) is 16.6 Å². The highest BCUT2D eigenvalue weighted by molar-refractivity contribution is 7.89. The molecule has 0 saturated carbocycles. The Bertz CT molecular complexity index is 550. The van der Waals surface area contributed by atoms with Gasteiger partial charge in [0.05, 0.1) is 4.90 Å². The second-order valence-electron chi connectivity index (χ2n) is 5.83. The van der Waals surface area contributed by atoms with Crippen LogP contribution in [0.1, 0.15) is 50.3 Å². The Hall–Kier alpha value is -0.430. The number of nitrogens with one attached hydrogen (secondary N) is 1. The van der Waals surface area contributed by atoms with Gasteiger partial charge in [0.1, 0.15) is 0 Å². The lowest BCUT2D eigenvalue weighted by Crippen LogP contribution is -2.35. The quantitative estimate of drug-likeness (QED) is 0.794. The summed E-state index contributed by atoms with van der Waals surface area (Å²) in [5.74, 6) is 0. The monoisotopic (exact) mass is 332 g/mol. The molecular weight excluding hydrogens is 304 g/mol. The first-order valence-electron chi connectivity index (χ1n) is 7.50. The first-order chi connectivity index (χ1) is 9.70. The molecule has 0 amide bonds. The van der Waals surface area contributed by atoms with Crippen molar-refractivity contribution in [3.8, 4) is 0 Å². The number of hydrogen-bond donors (Lipinski definition) is 1. The molecule has 4 nitrogen and oxygen atoms in total. The Kier molecular flexibility index (Phi) is 6.84. The summed E-state index contributed by atoms with van der Waals surface area (Å²) in [5, 5.41) is 3.33. The zero-order valence-electron chi connectivity index (χ0n) is 13.9. The van der Waals surface area contributed by atoms with Gasteiger partial charge in [-0.25, -0.2) is 8.42 Å². The number of nitrogens with zero attached hydrogens (tertiary/aromatic N) is 1. The largest absolute Gasteiger partial charge is 0.310 e. The molecule has 0 aliphatic carbocycles. The summed E-state index contributed by atoms with van der Waals surface area (Å²) < 4.78 is 27.0. The first kappa shape index (κ1) is 18.6. The SMILES string of the molecule is CCCC(C)N(C)S(=O)(=O)c1cc(CNC(C)C)sc1C. The highest BCUT2D eigenvalue weighted by atomic mass is 32.2. The van der Waals surface area contributed by atoms with E-state index in [0.29, 0.717) is 17.5 Å². The third-order valence-electron chi connectivity index (χ3n) is 3.59. The Morgan fingerprint density at radius 3 is 2.48 bits per heavy atom. The van der Waals surface area contributed by atoms with Gasteiger partial charge in [-0.2, -0.15) is 4.31 Å². The van der Waals surface area contributed by atoms with E-state index in [-0.39, 0.29) is 6.04 Å². The molecule has 1 N–H and O–H groups in total. The van der Waals surface area contributed by atoms with Crippen LogP contribution < -0.4 is 5.32 Å². The van der Waals surface area contributed by atoms with Crippen molar-refractivity contribution in [1.29, 1.82) is 0 Å². The van der Waals surface area contributed by atoms with E-state index in [1.54, 1.807) is 18.4 Å². The van der Waals surface area contributed by atoms with Crippen molar-refractivity contribution in [3.05, 3.63) is 15.8 Å². The van der Waals surface area contributed by atoms with Gasteiger partial charge in [0.25, 0.3) is 0 Å². The van der Waals surface area contributed by atoms with Crippen molar-refractivity contribution in [2.45, 2.75) is 71.0 Å². The van der Waals surface area contributed by atoms with Gasteiger partial charge in [-0.15, -0.1) is 11.3 Å². The van der Waals surface area contributed by atoms with E-state index in [1.807, 2.05) is 19.9 Å². The van der Waals surface area contributed by atoms with E-state index in [9.17, 15) is 8.42 Å². The van der Waals surface area contributed by atoms with Crippen molar-refractivity contribution < 1.29 is 8.42 Å². The molecule has 1 unspecified atom stereocenters. The third kappa shape index (κ3) is 4.77. The molecule has 122 valence electrons. The van der Waals surface area contributed by atoms with Crippen molar-refractivity contribution in [1.82, 2.24) is 9.62 Å². The van der Waals surface area contributed by atoms with E-state index in [4.69, 9.17) is 0 Å². The summed E-state index contributed by atoms with van der Waals surface area (Å²) in [6.45, 7) is 10.8. The van der Waals surface area contributed by atoms with Gasteiger partial charge < -0.3 is 5.32 Å². The summed E-state index contributed by atoms with van der Waals surface area (Å²) in [7, 11) is -1.71. The second-order valence-corrected chi connectivity index (χ2v) is 9.13. The summed E-state index contributed by atoms with van der Waals surface area (Å²) in [5.41, 5.74) is 0. The molecule has 0 spiro atoms. The average molecular weight is 333 g/mol. The van der Waals surface area contributed by atoms with Crippen molar-refractivity contribution in [3.63, 3.8) is 0 Å². The smallest absolute Gasteiger partial charge is 0.244 e. The normalized spacial score (nSPS) is 14.1. The lowest BCUT2D eigenvalue weighted by molar-refractivity contribution is 0.368. The third-order valence-corrected chi connectivity index (χ3v) is 6.87. The summed E-state index contributed by atoms with van der Waals surface area (Å²) in [4.78, 5) is 2.39. The second kappa shape index (κ2) is 7.72. The molecule has 21 heavy (non-hydrogen) atoms. The van der Waals surface area contributed by atoms with Crippen LogP contribution in [0.15, 0.2) is 11.0 Å². The molecular formula is C15H28N2O2S2. The fourth-order valence-corrected chi connectivity index (χ4v) is 5.11. The zero-order chi connectivity index (χ0) is 16.2. The Morgan fingerprint density at radius 2 is 1.95 bits per heavy atom. The lowest BCUT2D eigenvalue weighted by atomic mass is 10.2. The zero-order valence-corrected chi connectivity index (χ0v) is 15.6. The molecule has 6 heteroatoms. The van der Waals surface area contributed by atoms with Gasteiger partial charge in [-0.3, -0.25) is 0 Å². The van der Waals surface area contributed by atoms with Crippen molar-refractivity contribution in [2.24, 2.45) is 0 Å². The molecule has 1 heterocycles. The molecule has 1 atom stereocenters. The summed E-state index contributed by atoms with van der Waals surface area (Å²) in [6, 6.07) is 2.23. The van der Waals surface area contributed by atoms with Gasteiger partial charge in [0, 0.05) is 35.4 Å². The van der Waals surface area contributed by atoms with Crippen LogP contribution in [0.5, 0.6) is 0 Å². The topological polar surface area (TPSA) is 49.4 Å². The fourth-order valence-electron chi connectivity index (χ4n) is 2.16. The van der Waals surface area contributed by atoms with Crippen LogP contribution in [0, 0.1) is 6.92 Å². The fraction of sp³-hybridized carbons (Fsp3) is 0.733. The van der Waals surface area contributed by atoms with Crippen LogP contribution in [0.3, 0.4) is 0 Å². The number of thiophene rings is 1. The molecule has 0 fully saturated rings. The highest BCUT2D eigenvalue weighted by Gasteiger charge is 2.27. The van der Waals surface area contributed by atoms with E-state index >= 15 is 0 Å². The Balaban J connectivity index is 2.98. The molecule has 0 aliphatic heterocycles. The first-order valence-corrected chi connectivity index (χ1v) is 9.76. The van der Waals surface area contributed by atoms with Crippen LogP contribution in [0.4, 0.5) is 0 Å². The predicted molar refractivity (Wildman–Crippen MR) is 90.4 cm³/mol.